The number of rotatable bonds is 3. The molecule has 0 atom stereocenters. The van der Waals surface area contributed by atoms with Crippen LogP contribution in [0.25, 0.3) is 0 Å². The minimum atomic E-state index is -0.744. The minimum absolute atomic E-state index is 0.111. The number of amides is 2. The molecule has 2 aromatic carbocycles. The highest BCUT2D eigenvalue weighted by Crippen LogP contribution is 2.48. The minimum Gasteiger partial charge on any atom is -0.444 e. The largest absolute Gasteiger partial charge is 0.444 e. The molecule has 0 aromatic heterocycles. The van der Waals surface area contributed by atoms with E-state index in [9.17, 15) is 14.4 Å². The Labute approximate surface area is 217 Å². The fraction of sp³-hybridized carbons (Fsp3) is 0.444. The second kappa shape index (κ2) is 10.5. The molecule has 2 aliphatic heterocycles. The number of anilines is 3. The Morgan fingerprint density at radius 3 is 2.28 bits per heavy atom. The number of hydrogen-bond donors (Lipinski definition) is 1. The van der Waals surface area contributed by atoms with E-state index in [1.165, 1.54) is 7.05 Å². The van der Waals surface area contributed by atoms with Crippen molar-refractivity contribution in [2.24, 2.45) is 5.73 Å². The van der Waals surface area contributed by atoms with Crippen LogP contribution in [0.15, 0.2) is 36.4 Å². The fourth-order valence-electron chi connectivity index (χ4n) is 4.48. The third-order valence-electron chi connectivity index (χ3n) is 6.32. The Morgan fingerprint density at radius 2 is 1.69 bits per heavy atom. The Kier molecular flexibility index (Phi) is 8.00. The van der Waals surface area contributed by atoms with Crippen molar-refractivity contribution in [1.82, 2.24) is 4.90 Å². The summed E-state index contributed by atoms with van der Waals surface area (Å²) in [7, 11) is 1.50. The second-order valence-corrected chi connectivity index (χ2v) is 10.6. The summed E-state index contributed by atoms with van der Waals surface area (Å²) in [5.41, 5.74) is 6.58. The predicted octanol–water partition coefficient (Wildman–Crippen LogP) is 4.74. The van der Waals surface area contributed by atoms with Gasteiger partial charge >= 0.3 is 6.09 Å². The molecule has 2 aliphatic rings. The third kappa shape index (κ3) is 5.20. The molecule has 2 N–H and O–H groups in total. The SMILES string of the molecule is CC(C)(C)OC(=O)N1CCN(c2ccc3c(c2)N(c2cccc(Cl)c2C=O)C(=O)C3(C)C)CC1.CN. The first-order valence-corrected chi connectivity index (χ1v) is 12.4. The molecule has 0 aliphatic carbocycles. The summed E-state index contributed by atoms with van der Waals surface area (Å²) in [6, 6.07) is 11.1. The van der Waals surface area contributed by atoms with Gasteiger partial charge in [0.2, 0.25) is 5.91 Å². The number of nitrogens with two attached hydrogens (primary N) is 1. The summed E-state index contributed by atoms with van der Waals surface area (Å²) in [6.07, 6.45) is 0.386. The Balaban J connectivity index is 0.00000176. The van der Waals surface area contributed by atoms with Crippen molar-refractivity contribution in [2.75, 3.05) is 43.0 Å². The van der Waals surface area contributed by atoms with E-state index >= 15 is 0 Å². The van der Waals surface area contributed by atoms with Crippen molar-refractivity contribution in [3.8, 4) is 0 Å². The lowest BCUT2D eigenvalue weighted by atomic mass is 9.86. The van der Waals surface area contributed by atoms with Crippen molar-refractivity contribution < 1.29 is 19.1 Å². The van der Waals surface area contributed by atoms with Crippen LogP contribution in [0, 0.1) is 0 Å². The van der Waals surface area contributed by atoms with Gasteiger partial charge in [0.1, 0.15) is 5.60 Å². The topological polar surface area (TPSA) is 96.2 Å². The molecule has 4 rings (SSSR count). The van der Waals surface area contributed by atoms with Gasteiger partial charge in [0.15, 0.2) is 6.29 Å². The lowest BCUT2D eigenvalue weighted by Crippen LogP contribution is -2.50. The lowest BCUT2D eigenvalue weighted by Gasteiger charge is -2.37. The molecule has 0 radical (unpaired) electrons. The molecule has 2 amide bonds. The van der Waals surface area contributed by atoms with Crippen LogP contribution in [0.1, 0.15) is 50.5 Å². The normalized spacial score (nSPS) is 16.8. The van der Waals surface area contributed by atoms with Crippen molar-refractivity contribution in [3.63, 3.8) is 0 Å². The molecule has 0 unspecified atom stereocenters. The zero-order chi connectivity index (χ0) is 26.8. The quantitative estimate of drug-likeness (QED) is 0.594. The Hall–Kier alpha value is -3.10. The van der Waals surface area contributed by atoms with Gasteiger partial charge in [0.05, 0.1) is 27.4 Å². The molecular formula is C27H35ClN4O4. The molecule has 0 bridgehead atoms. The lowest BCUT2D eigenvalue weighted by molar-refractivity contribution is -0.121. The molecule has 0 saturated carbocycles. The summed E-state index contributed by atoms with van der Waals surface area (Å²) >= 11 is 6.27. The third-order valence-corrected chi connectivity index (χ3v) is 6.65. The Bertz CT molecular complexity index is 1150. The molecule has 9 heteroatoms. The van der Waals surface area contributed by atoms with Gasteiger partial charge in [-0.05, 0) is 71.5 Å². The van der Waals surface area contributed by atoms with Gasteiger partial charge in [0.25, 0.3) is 0 Å². The summed E-state index contributed by atoms with van der Waals surface area (Å²) in [5, 5.41) is 0.306. The molecule has 8 nitrogen and oxygen atoms in total. The standard InChI is InChI=1S/C26H30ClN3O4.CH5N/c1-25(2,3)34-24(33)29-13-11-28(12-14-29)17-9-10-19-22(15-17)30(23(32)26(19,4)5)21-8-6-7-20(27)18(21)16-31;1-2/h6-10,15-16H,11-14H2,1-5H3;2H2,1H3. The van der Waals surface area contributed by atoms with Gasteiger partial charge in [-0.15, -0.1) is 0 Å². The van der Waals surface area contributed by atoms with Gasteiger partial charge in [-0.1, -0.05) is 23.7 Å². The zero-order valence-electron chi connectivity index (χ0n) is 21.8. The van der Waals surface area contributed by atoms with E-state index < -0.39 is 11.0 Å². The second-order valence-electron chi connectivity index (χ2n) is 10.2. The number of carbonyl (C=O) groups excluding carboxylic acids is 3. The maximum Gasteiger partial charge on any atom is 0.410 e. The van der Waals surface area contributed by atoms with E-state index in [-0.39, 0.29) is 17.6 Å². The van der Waals surface area contributed by atoms with E-state index in [1.807, 2.05) is 52.8 Å². The van der Waals surface area contributed by atoms with E-state index in [0.717, 1.165) is 16.9 Å². The van der Waals surface area contributed by atoms with E-state index in [4.69, 9.17) is 16.3 Å². The monoisotopic (exact) mass is 514 g/mol. The van der Waals surface area contributed by atoms with Gasteiger partial charge in [0, 0.05) is 31.9 Å². The average molecular weight is 515 g/mol. The maximum atomic E-state index is 13.5. The Morgan fingerprint density at radius 1 is 1.06 bits per heavy atom. The van der Waals surface area contributed by atoms with Gasteiger partial charge in [-0.25, -0.2) is 4.79 Å². The molecule has 36 heavy (non-hydrogen) atoms. The molecular weight excluding hydrogens is 480 g/mol. The van der Waals surface area contributed by atoms with Crippen LogP contribution in [-0.2, 0) is 14.9 Å². The first kappa shape index (κ1) is 27.5. The molecule has 194 valence electrons. The summed E-state index contributed by atoms with van der Waals surface area (Å²) < 4.78 is 5.49. The molecule has 0 spiro atoms. The zero-order valence-corrected chi connectivity index (χ0v) is 22.6. The van der Waals surface area contributed by atoms with Crippen molar-refractivity contribution in [2.45, 2.75) is 45.6 Å². The van der Waals surface area contributed by atoms with Crippen LogP contribution >= 0.6 is 11.6 Å². The van der Waals surface area contributed by atoms with Gasteiger partial charge in [-0.2, -0.15) is 0 Å². The molecule has 2 aromatic rings. The van der Waals surface area contributed by atoms with Crippen LogP contribution in [-0.4, -0.2) is 62.0 Å². The van der Waals surface area contributed by atoms with Crippen LogP contribution in [0.3, 0.4) is 0 Å². The number of ether oxygens (including phenoxy) is 1. The number of carbonyl (C=O) groups is 3. The van der Waals surface area contributed by atoms with Crippen LogP contribution < -0.4 is 15.5 Å². The van der Waals surface area contributed by atoms with Crippen LogP contribution in [0.4, 0.5) is 21.9 Å². The first-order valence-electron chi connectivity index (χ1n) is 12.0. The average Bonchev–Trinajstić information content (AvgIpc) is 3.04. The van der Waals surface area contributed by atoms with Crippen LogP contribution in [0.2, 0.25) is 5.02 Å². The molecule has 2 heterocycles. The van der Waals surface area contributed by atoms with Crippen molar-refractivity contribution in [3.05, 3.63) is 52.5 Å². The van der Waals surface area contributed by atoms with Crippen molar-refractivity contribution >= 4 is 46.9 Å². The first-order chi connectivity index (χ1) is 16.9. The molecule has 1 fully saturated rings. The smallest absolute Gasteiger partial charge is 0.410 e. The highest BCUT2D eigenvalue weighted by molar-refractivity contribution is 6.34. The van der Waals surface area contributed by atoms with Gasteiger partial charge in [-0.3, -0.25) is 14.5 Å². The fourth-order valence-corrected chi connectivity index (χ4v) is 4.70. The number of hydrogen-bond acceptors (Lipinski definition) is 6. The number of aldehydes is 1. The van der Waals surface area contributed by atoms with Crippen LogP contribution in [0.5, 0.6) is 0 Å². The molecule has 1 saturated heterocycles. The number of piperazine rings is 1. The van der Waals surface area contributed by atoms with Crippen molar-refractivity contribution in [1.29, 1.82) is 0 Å². The number of benzene rings is 2. The number of nitrogens with zero attached hydrogens (tertiary/aromatic N) is 3. The summed E-state index contributed by atoms with van der Waals surface area (Å²) in [5.74, 6) is -0.111. The van der Waals surface area contributed by atoms with E-state index in [1.54, 1.807) is 28.0 Å². The highest BCUT2D eigenvalue weighted by atomic mass is 35.5. The maximum absolute atomic E-state index is 13.5. The summed E-state index contributed by atoms with van der Waals surface area (Å²) in [4.78, 5) is 43.2. The summed E-state index contributed by atoms with van der Waals surface area (Å²) in [6.45, 7) is 11.7. The van der Waals surface area contributed by atoms with E-state index in [2.05, 4.69) is 10.6 Å². The predicted molar refractivity (Wildman–Crippen MR) is 144 cm³/mol. The van der Waals surface area contributed by atoms with Gasteiger partial charge < -0.3 is 20.3 Å². The highest BCUT2D eigenvalue weighted by Gasteiger charge is 2.45. The van der Waals surface area contributed by atoms with E-state index in [0.29, 0.717) is 43.2 Å². The number of fused-ring (bicyclic) bond motifs is 1. The number of halogens is 1.